The molecule has 1 fully saturated rings. The number of ether oxygens (including phenoxy) is 1. The number of nitrogens with one attached hydrogen (secondary N) is 2. The van der Waals surface area contributed by atoms with Crippen molar-refractivity contribution >= 4 is 46.3 Å². The predicted octanol–water partition coefficient (Wildman–Crippen LogP) is 3.11. The highest BCUT2D eigenvalue weighted by molar-refractivity contribution is 6.24. The number of carbonyl (C=O) groups is 5. The summed E-state index contributed by atoms with van der Waals surface area (Å²) in [5.41, 5.74) is 8.43. The van der Waals surface area contributed by atoms with Crippen LogP contribution in [0.15, 0.2) is 72.8 Å². The zero-order chi connectivity index (χ0) is 31.1. The van der Waals surface area contributed by atoms with Gasteiger partial charge in [0.15, 0.2) is 0 Å². The van der Waals surface area contributed by atoms with Gasteiger partial charge in [0.1, 0.15) is 23.9 Å². The fourth-order valence-corrected chi connectivity index (χ4v) is 6.09. The lowest BCUT2D eigenvalue weighted by atomic mass is 9.89. The van der Waals surface area contributed by atoms with Crippen molar-refractivity contribution in [2.24, 2.45) is 5.73 Å². The molecule has 1 aromatic heterocycles. The Kier molecular flexibility index (Phi) is 7.25. The molecule has 0 radical (unpaired) electrons. The second-order valence-electron chi connectivity index (χ2n) is 10.7. The molecule has 5 N–H and O–H groups in total. The molecule has 12 nitrogen and oxygen atoms in total. The fraction of sp³-hybridized carbons (Fsp3) is 0.219. The Labute approximate surface area is 251 Å². The molecule has 3 aromatic carbocycles. The summed E-state index contributed by atoms with van der Waals surface area (Å²) in [5, 5.41) is 12.9. The maximum absolute atomic E-state index is 14.3. The van der Waals surface area contributed by atoms with E-state index in [4.69, 9.17) is 10.5 Å². The minimum Gasteiger partial charge on any atom is -0.497 e. The Morgan fingerprint density at radius 1 is 1.07 bits per heavy atom. The zero-order valence-corrected chi connectivity index (χ0v) is 23.7. The van der Waals surface area contributed by atoms with Crippen LogP contribution in [-0.2, 0) is 20.8 Å². The van der Waals surface area contributed by atoms with Crippen molar-refractivity contribution in [2.75, 3.05) is 12.0 Å². The van der Waals surface area contributed by atoms with Crippen molar-refractivity contribution < 1.29 is 33.8 Å². The fourth-order valence-electron chi connectivity index (χ4n) is 6.09. The van der Waals surface area contributed by atoms with Crippen molar-refractivity contribution in [2.45, 2.75) is 37.4 Å². The van der Waals surface area contributed by atoms with E-state index < -0.39 is 47.8 Å². The molecule has 2 aliphatic rings. The van der Waals surface area contributed by atoms with Gasteiger partial charge in [0, 0.05) is 29.4 Å². The summed E-state index contributed by atoms with van der Waals surface area (Å²) in [4.78, 5) is 70.8. The number of nitrogens with zero attached hydrogens (tertiary/aromatic N) is 2. The van der Waals surface area contributed by atoms with Gasteiger partial charge in [-0.2, -0.15) is 0 Å². The summed E-state index contributed by atoms with van der Waals surface area (Å²) in [6.45, 7) is 0. The molecule has 3 atom stereocenters. The molecule has 0 saturated carbocycles. The standard InChI is InChI=1S/C32H29N5O7/c1-44-18-8-6-7-17(15-18)28-27-21(19-9-2-4-11-22(19)34-27)16-25-30(40)37(32(43)36(25)28)24-12-5-3-10-20(24)29(39)35-23(31(41)42)13-14-26(33)38/h2-12,15,23,25,28,34H,13-14,16H2,1H3,(H2,33,38)(H,35,39)(H,41,42)/t23-,25-,28?/m0/s1. The number of nitrogens with two attached hydrogens (primary N) is 1. The number of aromatic amines is 1. The van der Waals surface area contributed by atoms with Gasteiger partial charge in [-0.1, -0.05) is 42.5 Å². The topological polar surface area (TPSA) is 175 Å². The summed E-state index contributed by atoms with van der Waals surface area (Å²) < 4.78 is 5.46. The molecule has 0 aliphatic carbocycles. The number of imide groups is 1. The van der Waals surface area contributed by atoms with Crippen molar-refractivity contribution in [1.29, 1.82) is 0 Å². The van der Waals surface area contributed by atoms with Gasteiger partial charge in [-0.15, -0.1) is 0 Å². The summed E-state index contributed by atoms with van der Waals surface area (Å²) in [6, 6.07) is 17.5. The average Bonchev–Trinajstić information content (AvgIpc) is 3.51. The Morgan fingerprint density at radius 2 is 1.82 bits per heavy atom. The molecule has 3 heterocycles. The molecule has 2 aliphatic heterocycles. The zero-order valence-electron chi connectivity index (χ0n) is 23.7. The number of carbonyl (C=O) groups excluding carboxylic acids is 4. The lowest BCUT2D eigenvalue weighted by Gasteiger charge is -2.36. The number of amides is 5. The Hall–Kier alpha value is -5.65. The number of hydrogen-bond acceptors (Lipinski definition) is 6. The number of benzene rings is 3. The highest BCUT2D eigenvalue weighted by Crippen LogP contribution is 2.45. The summed E-state index contributed by atoms with van der Waals surface area (Å²) in [7, 11) is 1.55. The van der Waals surface area contributed by atoms with E-state index in [2.05, 4.69) is 10.3 Å². The van der Waals surface area contributed by atoms with Crippen LogP contribution in [0, 0.1) is 0 Å². The Balaban J connectivity index is 1.41. The summed E-state index contributed by atoms with van der Waals surface area (Å²) >= 11 is 0. The van der Waals surface area contributed by atoms with E-state index in [1.54, 1.807) is 25.3 Å². The number of H-pyrrole nitrogens is 1. The van der Waals surface area contributed by atoms with Crippen LogP contribution in [0.3, 0.4) is 0 Å². The molecule has 0 spiro atoms. The van der Waals surface area contributed by atoms with E-state index in [0.29, 0.717) is 5.75 Å². The predicted molar refractivity (Wildman–Crippen MR) is 159 cm³/mol. The van der Waals surface area contributed by atoms with Gasteiger partial charge in [-0.3, -0.25) is 19.3 Å². The minimum atomic E-state index is -1.41. The summed E-state index contributed by atoms with van der Waals surface area (Å²) in [6.07, 6.45) is -0.216. The van der Waals surface area contributed by atoms with Crippen molar-refractivity contribution in [3.05, 3.63) is 95.2 Å². The molecule has 0 bridgehead atoms. The van der Waals surface area contributed by atoms with Crippen LogP contribution in [0.2, 0.25) is 0 Å². The van der Waals surface area contributed by atoms with Crippen molar-refractivity contribution in [3.63, 3.8) is 0 Å². The Morgan fingerprint density at radius 3 is 2.57 bits per heavy atom. The molecule has 44 heavy (non-hydrogen) atoms. The van der Waals surface area contributed by atoms with E-state index in [1.807, 2.05) is 42.5 Å². The SMILES string of the molecule is COc1cccc(C2c3[nH]c4ccccc4c3C[C@H]3C(=O)N(c4ccccc4C(=O)N[C@@H](CCC(N)=O)C(=O)O)C(=O)N23)c1. The minimum absolute atomic E-state index is 0.0198. The third-order valence-corrected chi connectivity index (χ3v) is 8.13. The highest BCUT2D eigenvalue weighted by Gasteiger charge is 2.53. The number of primary amides is 1. The average molecular weight is 596 g/mol. The first-order valence-corrected chi connectivity index (χ1v) is 14.0. The van der Waals surface area contributed by atoms with Crippen LogP contribution >= 0.6 is 0 Å². The van der Waals surface area contributed by atoms with Gasteiger partial charge < -0.3 is 25.9 Å². The number of hydrogen-bond donors (Lipinski definition) is 4. The van der Waals surface area contributed by atoms with Crippen LogP contribution in [0.5, 0.6) is 5.75 Å². The molecular weight excluding hydrogens is 566 g/mol. The third-order valence-electron chi connectivity index (χ3n) is 8.13. The highest BCUT2D eigenvalue weighted by atomic mass is 16.5. The van der Waals surface area contributed by atoms with Gasteiger partial charge in [-0.25, -0.2) is 14.5 Å². The number of fused-ring (bicyclic) bond motifs is 4. The van der Waals surface area contributed by atoms with E-state index >= 15 is 0 Å². The number of anilines is 1. The molecule has 5 amide bonds. The number of carboxylic acid groups (broad SMARTS) is 1. The molecule has 12 heteroatoms. The molecule has 6 rings (SSSR count). The van der Waals surface area contributed by atoms with Crippen molar-refractivity contribution in [1.82, 2.24) is 15.2 Å². The van der Waals surface area contributed by atoms with E-state index in [-0.39, 0.29) is 30.5 Å². The van der Waals surface area contributed by atoms with Crippen LogP contribution in [0.4, 0.5) is 10.5 Å². The van der Waals surface area contributed by atoms with Gasteiger partial charge >= 0.3 is 12.0 Å². The number of urea groups is 1. The first kappa shape index (κ1) is 28.5. The number of aliphatic carboxylic acids is 1. The maximum atomic E-state index is 14.3. The molecule has 224 valence electrons. The largest absolute Gasteiger partial charge is 0.497 e. The molecular formula is C32H29N5O7. The van der Waals surface area contributed by atoms with E-state index in [0.717, 1.165) is 32.6 Å². The maximum Gasteiger partial charge on any atom is 0.332 e. The molecule has 1 unspecified atom stereocenters. The lowest BCUT2D eigenvalue weighted by Crippen LogP contribution is -2.44. The summed E-state index contributed by atoms with van der Waals surface area (Å²) in [5.74, 6) is -2.80. The normalized spacial score (nSPS) is 18.1. The smallest absolute Gasteiger partial charge is 0.332 e. The van der Waals surface area contributed by atoms with E-state index in [1.165, 1.54) is 17.0 Å². The monoisotopic (exact) mass is 595 g/mol. The number of aromatic nitrogens is 1. The van der Waals surface area contributed by atoms with Crippen LogP contribution in [-0.4, -0.2) is 63.9 Å². The number of rotatable bonds is 9. The van der Waals surface area contributed by atoms with Gasteiger partial charge in [0.25, 0.3) is 11.8 Å². The number of carboxylic acids is 1. The van der Waals surface area contributed by atoms with Gasteiger partial charge in [0.2, 0.25) is 5.91 Å². The van der Waals surface area contributed by atoms with Gasteiger partial charge in [-0.05, 0) is 47.9 Å². The van der Waals surface area contributed by atoms with Crippen LogP contribution in [0.25, 0.3) is 10.9 Å². The molecule has 1 saturated heterocycles. The van der Waals surface area contributed by atoms with Crippen LogP contribution in [0.1, 0.15) is 46.1 Å². The Bertz CT molecular complexity index is 1830. The quantitative estimate of drug-likeness (QED) is 0.215. The lowest BCUT2D eigenvalue weighted by molar-refractivity contribution is -0.139. The third kappa shape index (κ3) is 4.79. The molecule has 4 aromatic rings. The van der Waals surface area contributed by atoms with Gasteiger partial charge in [0.05, 0.1) is 18.4 Å². The second kappa shape index (κ2) is 11.2. The first-order valence-electron chi connectivity index (χ1n) is 14.0. The first-order chi connectivity index (χ1) is 21.2. The van der Waals surface area contributed by atoms with Crippen LogP contribution < -0.4 is 20.7 Å². The van der Waals surface area contributed by atoms with Crippen molar-refractivity contribution in [3.8, 4) is 5.75 Å². The number of methoxy groups -OCH3 is 1. The second-order valence-corrected chi connectivity index (χ2v) is 10.7. The number of para-hydroxylation sites is 2. The van der Waals surface area contributed by atoms with E-state index in [9.17, 15) is 29.1 Å².